The smallest absolute Gasteiger partial charge is 0.0776 e. The Hall–Kier alpha value is -3.50. The first-order valence-electron chi connectivity index (χ1n) is 13.9. The lowest BCUT2D eigenvalue weighted by molar-refractivity contribution is 0.772. The number of fused-ring (bicyclic) bond motifs is 3. The van der Waals surface area contributed by atoms with Crippen molar-refractivity contribution in [1.82, 2.24) is 0 Å². The zero-order valence-corrected chi connectivity index (χ0v) is 26.0. The molecule has 0 atom stereocenters. The zero-order valence-electron chi connectivity index (χ0n) is 23.4. The van der Waals surface area contributed by atoms with Gasteiger partial charge in [0.1, 0.15) is 0 Å². The first-order valence-corrected chi connectivity index (χ1v) is 19.1. The van der Waals surface area contributed by atoms with E-state index < -0.39 is 8.07 Å². The Bertz CT molecular complexity index is 1800. The van der Waals surface area contributed by atoms with Gasteiger partial charge in [-0.1, -0.05) is 140 Å². The van der Waals surface area contributed by atoms with Crippen LogP contribution >= 0.6 is 22.7 Å². The van der Waals surface area contributed by atoms with Gasteiger partial charge in [0.15, 0.2) is 0 Å². The highest BCUT2D eigenvalue weighted by Crippen LogP contribution is 2.62. The molecule has 196 valence electrons. The van der Waals surface area contributed by atoms with Gasteiger partial charge in [-0.05, 0) is 52.4 Å². The predicted molar refractivity (Wildman–Crippen MR) is 178 cm³/mol. The molecule has 0 radical (unpaired) electrons. The third-order valence-corrected chi connectivity index (χ3v) is 12.8. The summed E-state index contributed by atoms with van der Waals surface area (Å²) in [5.74, 6) is 0. The lowest BCUT2D eigenvalue weighted by Crippen LogP contribution is -2.37. The van der Waals surface area contributed by atoms with Crippen molar-refractivity contribution in [2.24, 2.45) is 0 Å². The summed E-state index contributed by atoms with van der Waals surface area (Å²) in [6.45, 7) is 9.48. The fourth-order valence-electron chi connectivity index (χ4n) is 6.21. The molecule has 6 aromatic rings. The van der Waals surface area contributed by atoms with Crippen molar-refractivity contribution < 1.29 is 0 Å². The Morgan fingerprint density at radius 3 is 1.52 bits per heavy atom. The Kier molecular flexibility index (Phi) is 6.08. The number of hydrogen-bond acceptors (Lipinski definition) is 2. The number of rotatable bonds is 5. The molecule has 0 bridgehead atoms. The molecule has 4 aromatic carbocycles. The molecule has 0 saturated carbocycles. The van der Waals surface area contributed by atoms with Gasteiger partial charge in [-0.25, -0.2) is 0 Å². The van der Waals surface area contributed by atoms with Crippen LogP contribution in [0.4, 0.5) is 0 Å². The van der Waals surface area contributed by atoms with Crippen molar-refractivity contribution in [3.63, 3.8) is 0 Å². The van der Waals surface area contributed by atoms with Gasteiger partial charge in [-0.15, -0.1) is 22.7 Å². The molecule has 0 fully saturated rings. The standard InChI is InChI=1S/C37H32S2Si/c1-25-13-11-14-26(21-25)33-23-31-35(38-33)36-32(24-34(39-36)27-15-12-20-30(22-27)40(2,3)4)37(31,28-16-7-5-8-17-28)29-18-9-6-10-19-29/h5-24H,1-4H3. The Labute approximate surface area is 246 Å². The summed E-state index contributed by atoms with van der Waals surface area (Å²) in [5, 5.41) is 1.51. The van der Waals surface area contributed by atoms with Crippen molar-refractivity contribution in [3.8, 4) is 30.6 Å². The van der Waals surface area contributed by atoms with Gasteiger partial charge in [0.25, 0.3) is 0 Å². The Morgan fingerprint density at radius 2 is 1.02 bits per heavy atom. The van der Waals surface area contributed by atoms with Gasteiger partial charge in [0.2, 0.25) is 0 Å². The van der Waals surface area contributed by atoms with E-state index in [0.29, 0.717) is 0 Å². The minimum absolute atomic E-state index is 0.350. The van der Waals surface area contributed by atoms with E-state index in [4.69, 9.17) is 0 Å². The van der Waals surface area contributed by atoms with Crippen LogP contribution in [0.2, 0.25) is 19.6 Å². The molecule has 0 aliphatic heterocycles. The fourth-order valence-corrected chi connectivity index (χ4v) is 9.98. The van der Waals surface area contributed by atoms with E-state index in [-0.39, 0.29) is 5.41 Å². The van der Waals surface area contributed by atoms with E-state index in [9.17, 15) is 0 Å². The molecule has 1 aliphatic carbocycles. The summed E-state index contributed by atoms with van der Waals surface area (Å²) in [7, 11) is -1.42. The molecule has 0 N–H and O–H groups in total. The van der Waals surface area contributed by atoms with Gasteiger partial charge in [-0.3, -0.25) is 0 Å². The van der Waals surface area contributed by atoms with Crippen molar-refractivity contribution >= 4 is 35.9 Å². The van der Waals surface area contributed by atoms with Crippen molar-refractivity contribution in [3.05, 3.63) is 149 Å². The minimum Gasteiger partial charge on any atom is -0.134 e. The van der Waals surface area contributed by atoms with Crippen LogP contribution < -0.4 is 5.19 Å². The second-order valence-corrected chi connectivity index (χ2v) is 19.1. The van der Waals surface area contributed by atoms with E-state index in [1.54, 1.807) is 0 Å². The van der Waals surface area contributed by atoms with E-state index in [1.165, 1.54) is 63.6 Å². The largest absolute Gasteiger partial charge is 0.134 e. The zero-order chi connectivity index (χ0) is 27.5. The first-order chi connectivity index (χ1) is 19.4. The first kappa shape index (κ1) is 25.5. The van der Waals surface area contributed by atoms with E-state index in [0.717, 1.165) is 0 Å². The van der Waals surface area contributed by atoms with Crippen LogP contribution in [0.15, 0.2) is 121 Å². The highest BCUT2D eigenvalue weighted by molar-refractivity contribution is 7.25. The highest BCUT2D eigenvalue weighted by atomic mass is 32.1. The lowest BCUT2D eigenvalue weighted by Gasteiger charge is -2.32. The molecule has 1 aliphatic rings. The summed E-state index contributed by atoms with van der Waals surface area (Å²) < 4.78 is 0. The normalized spacial score (nSPS) is 13.7. The van der Waals surface area contributed by atoms with Crippen LogP contribution in [0.25, 0.3) is 30.6 Å². The third-order valence-electron chi connectivity index (χ3n) is 8.21. The Morgan fingerprint density at radius 1 is 0.525 bits per heavy atom. The fraction of sp³-hybridized carbons (Fsp3) is 0.135. The molecule has 0 saturated heterocycles. The number of thiophene rings is 2. The summed E-state index contributed by atoms with van der Waals surface area (Å²) in [6, 6.07) is 45.5. The van der Waals surface area contributed by atoms with Crippen LogP contribution in [0, 0.1) is 6.92 Å². The molecule has 0 unspecified atom stereocenters. The number of hydrogen-bond donors (Lipinski definition) is 0. The van der Waals surface area contributed by atoms with Gasteiger partial charge in [0.05, 0.1) is 23.2 Å². The molecule has 7 rings (SSSR count). The van der Waals surface area contributed by atoms with Gasteiger partial charge >= 0.3 is 0 Å². The molecule has 2 heterocycles. The monoisotopic (exact) mass is 568 g/mol. The molecule has 2 aromatic heterocycles. The van der Waals surface area contributed by atoms with Gasteiger partial charge in [0, 0.05) is 9.75 Å². The number of benzene rings is 4. The van der Waals surface area contributed by atoms with Crippen LogP contribution in [0.1, 0.15) is 27.8 Å². The van der Waals surface area contributed by atoms with Crippen LogP contribution in [-0.2, 0) is 5.41 Å². The minimum atomic E-state index is -1.42. The van der Waals surface area contributed by atoms with Crippen molar-refractivity contribution in [1.29, 1.82) is 0 Å². The SMILES string of the molecule is Cc1cccc(-c2cc3c(s2)-c2sc(-c4cccc([Si](C)(C)C)c4)cc2C3(c2ccccc2)c2ccccc2)c1. The van der Waals surface area contributed by atoms with E-state index >= 15 is 0 Å². The van der Waals surface area contributed by atoms with E-state index in [2.05, 4.69) is 148 Å². The van der Waals surface area contributed by atoms with Crippen molar-refractivity contribution in [2.75, 3.05) is 0 Å². The molecule has 0 amide bonds. The summed E-state index contributed by atoms with van der Waals surface area (Å²) in [4.78, 5) is 5.53. The number of aryl methyl sites for hydroxylation is 1. The third kappa shape index (κ3) is 3.99. The highest BCUT2D eigenvalue weighted by Gasteiger charge is 2.48. The Balaban J connectivity index is 1.53. The molecule has 3 heteroatoms. The van der Waals surface area contributed by atoms with Crippen LogP contribution in [-0.4, -0.2) is 8.07 Å². The molecular formula is C37H32S2Si. The van der Waals surface area contributed by atoms with Crippen LogP contribution in [0.3, 0.4) is 0 Å². The predicted octanol–water partition coefficient (Wildman–Crippen LogP) is 10.4. The maximum atomic E-state index is 2.50. The summed E-state index contributed by atoms with van der Waals surface area (Å²) in [6.07, 6.45) is 0. The lowest BCUT2D eigenvalue weighted by atomic mass is 9.68. The van der Waals surface area contributed by atoms with Gasteiger partial charge in [-0.2, -0.15) is 0 Å². The van der Waals surface area contributed by atoms with Crippen molar-refractivity contribution in [2.45, 2.75) is 32.0 Å². The van der Waals surface area contributed by atoms with Crippen LogP contribution in [0.5, 0.6) is 0 Å². The average Bonchev–Trinajstić information content (AvgIpc) is 3.65. The quantitative estimate of drug-likeness (QED) is 0.181. The topological polar surface area (TPSA) is 0 Å². The average molecular weight is 569 g/mol. The maximum Gasteiger partial charge on any atom is 0.0776 e. The second kappa shape index (κ2) is 9.55. The molecular weight excluding hydrogens is 537 g/mol. The molecule has 0 spiro atoms. The summed E-state index contributed by atoms with van der Waals surface area (Å²) in [5.41, 5.74) is 9.07. The van der Waals surface area contributed by atoms with Gasteiger partial charge < -0.3 is 0 Å². The van der Waals surface area contributed by atoms with E-state index in [1.807, 2.05) is 22.7 Å². The second-order valence-electron chi connectivity index (χ2n) is 11.9. The summed E-state index contributed by atoms with van der Waals surface area (Å²) >= 11 is 3.92. The maximum absolute atomic E-state index is 2.50. The molecule has 0 nitrogen and oxygen atoms in total. The molecule has 40 heavy (non-hydrogen) atoms.